The lowest BCUT2D eigenvalue weighted by Crippen LogP contribution is -2.43. The maximum Gasteiger partial charge on any atom is 0.264 e. The molecule has 0 spiro atoms. The number of fused-ring (bicyclic) bond motifs is 1. The number of para-hydroxylation sites is 1. The van der Waals surface area contributed by atoms with Gasteiger partial charge in [-0.1, -0.05) is 12.1 Å². The third-order valence-electron chi connectivity index (χ3n) is 5.59. The number of hydrogen-bond donors (Lipinski definition) is 3. The predicted molar refractivity (Wildman–Crippen MR) is 121 cm³/mol. The minimum absolute atomic E-state index is 0.104. The summed E-state index contributed by atoms with van der Waals surface area (Å²) in [5, 5.41) is 7.65. The van der Waals surface area contributed by atoms with Crippen molar-refractivity contribution in [2.45, 2.75) is 31.9 Å². The molecule has 2 aliphatic rings. The second-order valence-electron chi connectivity index (χ2n) is 7.91. The number of thiazole rings is 1. The highest BCUT2D eigenvalue weighted by molar-refractivity contribution is 7.21. The summed E-state index contributed by atoms with van der Waals surface area (Å²) in [5.74, 6) is 1.20. The fourth-order valence-corrected chi connectivity index (χ4v) is 5.08. The van der Waals surface area contributed by atoms with E-state index in [0.29, 0.717) is 42.0 Å². The molecule has 0 aliphatic carbocycles. The number of nitrogens with one attached hydrogen (secondary N) is 3. The number of ether oxygens (including phenoxy) is 1. The number of rotatable bonds is 4. The van der Waals surface area contributed by atoms with Crippen LogP contribution in [0, 0.1) is 0 Å². The zero-order valence-electron chi connectivity index (χ0n) is 17.0. The van der Waals surface area contributed by atoms with Gasteiger partial charge in [-0.2, -0.15) is 4.98 Å². The van der Waals surface area contributed by atoms with E-state index in [1.165, 1.54) is 11.3 Å². The molecule has 5 rings (SSSR count). The third-order valence-corrected chi connectivity index (χ3v) is 6.65. The molecule has 0 amide bonds. The van der Waals surface area contributed by atoms with E-state index in [1.54, 1.807) is 0 Å². The van der Waals surface area contributed by atoms with Crippen LogP contribution >= 0.6 is 11.3 Å². The highest BCUT2D eigenvalue weighted by Gasteiger charge is 2.25. The van der Waals surface area contributed by atoms with Gasteiger partial charge in [0.25, 0.3) is 5.56 Å². The van der Waals surface area contributed by atoms with Crippen LogP contribution in [0.3, 0.4) is 0 Å². The number of hydrogen-bond acceptors (Lipinski definition) is 8. The van der Waals surface area contributed by atoms with E-state index >= 15 is 0 Å². The van der Waals surface area contributed by atoms with Crippen LogP contribution in [0.15, 0.2) is 29.1 Å². The van der Waals surface area contributed by atoms with Crippen molar-refractivity contribution in [3.8, 4) is 10.6 Å². The maximum atomic E-state index is 13.3. The summed E-state index contributed by atoms with van der Waals surface area (Å²) in [6.07, 6.45) is 2.25. The summed E-state index contributed by atoms with van der Waals surface area (Å²) >= 11 is 1.52. The van der Waals surface area contributed by atoms with E-state index in [-0.39, 0.29) is 17.7 Å². The zero-order valence-corrected chi connectivity index (χ0v) is 17.8. The van der Waals surface area contributed by atoms with E-state index in [9.17, 15) is 4.79 Å². The Balaban J connectivity index is 1.57. The number of anilines is 2. The second kappa shape index (κ2) is 8.33. The molecule has 0 radical (unpaired) electrons. The molecule has 9 heteroatoms. The summed E-state index contributed by atoms with van der Waals surface area (Å²) in [6, 6.07) is 8.18. The Morgan fingerprint density at radius 2 is 2.20 bits per heavy atom. The molecule has 3 N–H and O–H groups in total. The van der Waals surface area contributed by atoms with Crippen LogP contribution in [0.5, 0.6) is 0 Å². The number of aromatic nitrogens is 3. The molecule has 2 unspecified atom stereocenters. The van der Waals surface area contributed by atoms with Crippen LogP contribution in [0.2, 0.25) is 0 Å². The summed E-state index contributed by atoms with van der Waals surface area (Å²) in [6.45, 7) is 5.96. The standard InChI is InChI=1S/C21H26N6O2S/c1-13-12-27(9-10-29-13)21-25-18(23-14-5-4-8-22-11-14)17(19(28)26-21)20-24-15-6-2-3-7-16(15)30-20/h2-3,6-7,13-14,22H,4-5,8-12H2,1H3,(H2,23,25,26,28). The van der Waals surface area contributed by atoms with Crippen LogP contribution in [-0.4, -0.2) is 59.9 Å². The largest absolute Gasteiger partial charge is 0.375 e. The van der Waals surface area contributed by atoms with Crippen molar-refractivity contribution in [3.63, 3.8) is 0 Å². The molecule has 4 heterocycles. The van der Waals surface area contributed by atoms with Crippen molar-refractivity contribution in [2.24, 2.45) is 0 Å². The van der Waals surface area contributed by atoms with Crippen LogP contribution < -0.4 is 21.1 Å². The SMILES string of the molecule is CC1CN(c2nc(NC3CCCNC3)c(-c3nc4ccccc4s3)c(=O)[nH]2)CCO1. The van der Waals surface area contributed by atoms with Gasteiger partial charge in [0.05, 0.1) is 22.9 Å². The Hall–Kier alpha value is -2.49. The Morgan fingerprint density at radius 3 is 3.00 bits per heavy atom. The Bertz CT molecular complexity index is 1060. The molecule has 1 aromatic carbocycles. The first-order valence-electron chi connectivity index (χ1n) is 10.5. The minimum atomic E-state index is -0.163. The Kier molecular flexibility index (Phi) is 5.41. The van der Waals surface area contributed by atoms with Crippen molar-refractivity contribution >= 4 is 33.3 Å². The fourth-order valence-electron chi connectivity index (χ4n) is 4.07. The molecule has 0 bridgehead atoms. The molecule has 2 aliphatic heterocycles. The van der Waals surface area contributed by atoms with Crippen LogP contribution in [0.1, 0.15) is 19.8 Å². The van der Waals surface area contributed by atoms with Gasteiger partial charge in [0.15, 0.2) is 0 Å². The van der Waals surface area contributed by atoms with Gasteiger partial charge in [-0.15, -0.1) is 11.3 Å². The topological polar surface area (TPSA) is 95.2 Å². The normalized spacial score (nSPS) is 22.4. The number of piperidine rings is 1. The quantitative estimate of drug-likeness (QED) is 0.590. The molecule has 3 aromatic rings. The van der Waals surface area contributed by atoms with Crippen LogP contribution in [0.25, 0.3) is 20.8 Å². The zero-order chi connectivity index (χ0) is 20.5. The monoisotopic (exact) mass is 426 g/mol. The lowest BCUT2D eigenvalue weighted by molar-refractivity contribution is 0.0526. The highest BCUT2D eigenvalue weighted by Crippen LogP contribution is 2.32. The predicted octanol–water partition coefficient (Wildman–Crippen LogP) is 2.44. The van der Waals surface area contributed by atoms with E-state index in [0.717, 1.165) is 36.1 Å². The number of aromatic amines is 1. The molecule has 2 saturated heterocycles. The number of morpholine rings is 1. The van der Waals surface area contributed by atoms with Gasteiger partial charge in [0.2, 0.25) is 5.95 Å². The van der Waals surface area contributed by atoms with Gasteiger partial charge in [-0.05, 0) is 38.4 Å². The molecule has 0 saturated carbocycles. The number of benzene rings is 1. The van der Waals surface area contributed by atoms with E-state index in [4.69, 9.17) is 14.7 Å². The molecule has 30 heavy (non-hydrogen) atoms. The number of H-pyrrole nitrogens is 1. The third kappa shape index (κ3) is 3.92. The van der Waals surface area contributed by atoms with Crippen molar-refractivity contribution in [2.75, 3.05) is 43.0 Å². The average molecular weight is 427 g/mol. The fraction of sp³-hybridized carbons (Fsp3) is 0.476. The van der Waals surface area contributed by atoms with Gasteiger partial charge in [0.1, 0.15) is 16.4 Å². The van der Waals surface area contributed by atoms with Gasteiger partial charge in [0, 0.05) is 25.7 Å². The van der Waals surface area contributed by atoms with Crippen molar-refractivity contribution in [1.29, 1.82) is 0 Å². The van der Waals surface area contributed by atoms with Gasteiger partial charge < -0.3 is 20.3 Å². The van der Waals surface area contributed by atoms with Crippen molar-refractivity contribution in [3.05, 3.63) is 34.6 Å². The molecule has 158 valence electrons. The summed E-state index contributed by atoms with van der Waals surface area (Å²) < 4.78 is 6.70. The van der Waals surface area contributed by atoms with E-state index in [1.807, 2.05) is 31.2 Å². The lowest BCUT2D eigenvalue weighted by atomic mass is 10.1. The Labute approximate surface area is 178 Å². The van der Waals surface area contributed by atoms with E-state index in [2.05, 4.69) is 20.5 Å². The smallest absolute Gasteiger partial charge is 0.264 e. The molecule has 2 atom stereocenters. The summed E-state index contributed by atoms with van der Waals surface area (Å²) in [5.41, 5.74) is 1.25. The van der Waals surface area contributed by atoms with Gasteiger partial charge in [-0.3, -0.25) is 9.78 Å². The minimum Gasteiger partial charge on any atom is -0.375 e. The first-order valence-corrected chi connectivity index (χ1v) is 11.3. The highest BCUT2D eigenvalue weighted by atomic mass is 32.1. The van der Waals surface area contributed by atoms with Crippen molar-refractivity contribution < 1.29 is 4.74 Å². The average Bonchev–Trinajstić information content (AvgIpc) is 3.18. The summed E-state index contributed by atoms with van der Waals surface area (Å²) in [7, 11) is 0. The van der Waals surface area contributed by atoms with Gasteiger partial charge >= 0.3 is 0 Å². The molecular formula is C21H26N6O2S. The summed E-state index contributed by atoms with van der Waals surface area (Å²) in [4.78, 5) is 27.9. The molecular weight excluding hydrogens is 400 g/mol. The van der Waals surface area contributed by atoms with Gasteiger partial charge in [-0.25, -0.2) is 4.98 Å². The molecule has 2 fully saturated rings. The molecule has 2 aromatic heterocycles. The first kappa shape index (κ1) is 19.5. The van der Waals surface area contributed by atoms with Crippen LogP contribution in [0.4, 0.5) is 11.8 Å². The maximum absolute atomic E-state index is 13.3. The lowest BCUT2D eigenvalue weighted by Gasteiger charge is -2.32. The van der Waals surface area contributed by atoms with E-state index < -0.39 is 0 Å². The first-order chi connectivity index (χ1) is 14.7. The second-order valence-corrected chi connectivity index (χ2v) is 8.95. The van der Waals surface area contributed by atoms with Crippen LogP contribution in [-0.2, 0) is 4.74 Å². The van der Waals surface area contributed by atoms with Crippen molar-refractivity contribution in [1.82, 2.24) is 20.3 Å². The number of nitrogens with zero attached hydrogens (tertiary/aromatic N) is 3. The Morgan fingerprint density at radius 1 is 1.30 bits per heavy atom. The molecule has 8 nitrogen and oxygen atoms in total.